The molecule has 0 radical (unpaired) electrons. The van der Waals surface area contributed by atoms with Gasteiger partial charge in [0, 0.05) is 29.7 Å². The van der Waals surface area contributed by atoms with Crippen LogP contribution < -0.4 is 0 Å². The van der Waals surface area contributed by atoms with Gasteiger partial charge in [-0.3, -0.25) is 9.78 Å². The third-order valence-corrected chi connectivity index (χ3v) is 2.51. The van der Waals surface area contributed by atoms with Gasteiger partial charge in [0.15, 0.2) is 6.29 Å². The lowest BCUT2D eigenvalue weighted by Gasteiger charge is -2.07. The van der Waals surface area contributed by atoms with E-state index in [9.17, 15) is 18.0 Å². The van der Waals surface area contributed by atoms with Gasteiger partial charge in [0.05, 0.1) is 5.02 Å². The molecule has 0 atom stereocenters. The number of aldehydes is 1. The largest absolute Gasteiger partial charge is 0.451 e. The average Bonchev–Trinajstić information content (AvgIpc) is 2.49. The zero-order chi connectivity index (χ0) is 16.0. The molecule has 2 heterocycles. The first-order valence-corrected chi connectivity index (χ1v) is 6.30. The molecule has 0 aliphatic carbocycles. The summed E-state index contributed by atoms with van der Waals surface area (Å²) < 4.78 is 36.9. The summed E-state index contributed by atoms with van der Waals surface area (Å²) in [5.41, 5.74) is 0.718. The van der Waals surface area contributed by atoms with Gasteiger partial charge in [-0.1, -0.05) is 25.4 Å². The van der Waals surface area contributed by atoms with Gasteiger partial charge in [0.2, 0.25) is 5.82 Å². The molecular formula is C13H11ClF3N3O. The molecule has 0 aliphatic rings. The zero-order valence-corrected chi connectivity index (χ0v) is 11.9. The Morgan fingerprint density at radius 3 is 2.14 bits per heavy atom. The number of carbonyl (C=O) groups excluding carboxylic acids is 1. The summed E-state index contributed by atoms with van der Waals surface area (Å²) >= 11 is 5.86. The molecule has 0 unspecified atom stereocenters. The van der Waals surface area contributed by atoms with Gasteiger partial charge in [-0.05, 0) is 6.07 Å². The number of hydrogen-bond acceptors (Lipinski definition) is 4. The van der Waals surface area contributed by atoms with E-state index >= 15 is 0 Å². The SMILES string of the molecule is CC.O=Cc1cc(-c2cnc(C(F)(F)F)nc2)c(Cl)cn1. The van der Waals surface area contributed by atoms with Crippen molar-refractivity contribution in [2.45, 2.75) is 20.0 Å². The van der Waals surface area contributed by atoms with Crippen molar-refractivity contribution in [3.8, 4) is 11.1 Å². The molecular weight excluding hydrogens is 307 g/mol. The summed E-state index contributed by atoms with van der Waals surface area (Å²) in [7, 11) is 0. The molecule has 0 N–H and O–H groups in total. The Hall–Kier alpha value is -2.02. The lowest BCUT2D eigenvalue weighted by molar-refractivity contribution is -0.144. The molecule has 0 bridgehead atoms. The fraction of sp³-hybridized carbons (Fsp3) is 0.231. The Balaban J connectivity index is 0.00000106. The topological polar surface area (TPSA) is 55.7 Å². The van der Waals surface area contributed by atoms with Crippen LogP contribution in [0.5, 0.6) is 0 Å². The van der Waals surface area contributed by atoms with E-state index in [1.54, 1.807) is 0 Å². The Bertz CT molecular complexity index is 615. The summed E-state index contributed by atoms with van der Waals surface area (Å²) in [5.74, 6) is -1.24. The summed E-state index contributed by atoms with van der Waals surface area (Å²) in [6, 6.07) is 1.35. The van der Waals surface area contributed by atoms with Crippen molar-refractivity contribution in [1.29, 1.82) is 0 Å². The molecule has 0 saturated heterocycles. The van der Waals surface area contributed by atoms with Crippen LogP contribution in [-0.2, 0) is 6.18 Å². The van der Waals surface area contributed by atoms with Gasteiger partial charge in [-0.2, -0.15) is 13.2 Å². The van der Waals surface area contributed by atoms with E-state index in [-0.39, 0.29) is 16.3 Å². The fourth-order valence-electron chi connectivity index (χ4n) is 1.35. The van der Waals surface area contributed by atoms with Gasteiger partial charge in [0.25, 0.3) is 0 Å². The second kappa shape index (κ2) is 7.12. The number of hydrogen-bond donors (Lipinski definition) is 0. The second-order valence-electron chi connectivity index (χ2n) is 3.50. The maximum atomic E-state index is 12.3. The highest BCUT2D eigenvalue weighted by Gasteiger charge is 2.34. The Kier molecular flexibility index (Phi) is 5.78. The molecule has 4 nitrogen and oxygen atoms in total. The van der Waals surface area contributed by atoms with Crippen LogP contribution in [0.2, 0.25) is 5.02 Å². The quantitative estimate of drug-likeness (QED) is 0.784. The molecule has 0 saturated carbocycles. The summed E-state index contributed by atoms with van der Waals surface area (Å²) in [5, 5.41) is 0.189. The second-order valence-corrected chi connectivity index (χ2v) is 3.91. The highest BCUT2D eigenvalue weighted by atomic mass is 35.5. The minimum atomic E-state index is -4.60. The normalized spacial score (nSPS) is 10.6. The monoisotopic (exact) mass is 317 g/mol. The maximum absolute atomic E-state index is 12.3. The first-order chi connectivity index (χ1) is 9.91. The van der Waals surface area contributed by atoms with Crippen LogP contribution in [0.15, 0.2) is 24.7 Å². The molecule has 0 spiro atoms. The highest BCUT2D eigenvalue weighted by Crippen LogP contribution is 2.29. The highest BCUT2D eigenvalue weighted by molar-refractivity contribution is 6.33. The Morgan fingerprint density at radius 2 is 1.67 bits per heavy atom. The number of aromatic nitrogens is 3. The first-order valence-electron chi connectivity index (χ1n) is 5.92. The van der Waals surface area contributed by atoms with Crippen molar-refractivity contribution in [2.75, 3.05) is 0 Å². The molecule has 0 amide bonds. The smallest absolute Gasteiger partial charge is 0.296 e. The van der Waals surface area contributed by atoms with Gasteiger partial charge in [-0.15, -0.1) is 0 Å². The molecule has 8 heteroatoms. The van der Waals surface area contributed by atoms with E-state index in [4.69, 9.17) is 11.6 Å². The minimum absolute atomic E-state index is 0.110. The van der Waals surface area contributed by atoms with E-state index in [0.29, 0.717) is 11.8 Å². The third kappa shape index (κ3) is 4.22. The van der Waals surface area contributed by atoms with E-state index in [1.807, 2.05) is 13.8 Å². The fourth-order valence-corrected chi connectivity index (χ4v) is 1.57. The summed E-state index contributed by atoms with van der Waals surface area (Å²) in [4.78, 5) is 20.8. The number of rotatable bonds is 2. The number of alkyl halides is 3. The minimum Gasteiger partial charge on any atom is -0.296 e. The Morgan fingerprint density at radius 1 is 1.10 bits per heavy atom. The van der Waals surface area contributed by atoms with Crippen molar-refractivity contribution in [2.24, 2.45) is 0 Å². The predicted octanol–water partition coefficient (Wildman–Crippen LogP) is 4.05. The lowest BCUT2D eigenvalue weighted by atomic mass is 10.1. The van der Waals surface area contributed by atoms with Gasteiger partial charge < -0.3 is 0 Å². The third-order valence-electron chi connectivity index (χ3n) is 2.21. The number of nitrogens with zero attached hydrogens (tertiary/aromatic N) is 3. The van der Waals surface area contributed by atoms with Crippen LogP contribution in [-0.4, -0.2) is 21.2 Å². The standard InChI is InChI=1S/C11H5ClF3N3O.C2H6/c12-9-4-16-7(5-19)1-8(9)6-2-17-10(18-3-6)11(13,14)15;1-2/h1-5H;1-2H3. The number of carbonyl (C=O) groups is 1. The Labute approximate surface area is 124 Å². The van der Waals surface area contributed by atoms with Gasteiger partial charge >= 0.3 is 6.18 Å². The molecule has 0 aliphatic heterocycles. The molecule has 2 aromatic rings. The summed E-state index contributed by atoms with van der Waals surface area (Å²) in [6.07, 6.45) is -0.880. The molecule has 2 rings (SSSR count). The maximum Gasteiger partial charge on any atom is 0.451 e. The predicted molar refractivity (Wildman–Crippen MR) is 72.0 cm³/mol. The molecule has 112 valence electrons. The van der Waals surface area contributed by atoms with Crippen molar-refractivity contribution >= 4 is 17.9 Å². The average molecular weight is 318 g/mol. The first kappa shape index (κ1) is 17.0. The van der Waals surface area contributed by atoms with Crippen LogP contribution in [0, 0.1) is 0 Å². The van der Waals surface area contributed by atoms with Gasteiger partial charge in [0.1, 0.15) is 5.69 Å². The van der Waals surface area contributed by atoms with Crippen molar-refractivity contribution in [1.82, 2.24) is 15.0 Å². The van der Waals surface area contributed by atoms with Crippen LogP contribution in [0.3, 0.4) is 0 Å². The van der Waals surface area contributed by atoms with Crippen LogP contribution in [0.25, 0.3) is 11.1 Å². The zero-order valence-electron chi connectivity index (χ0n) is 11.1. The number of halogens is 4. The van der Waals surface area contributed by atoms with Crippen LogP contribution in [0.1, 0.15) is 30.2 Å². The molecule has 0 fully saturated rings. The lowest BCUT2D eigenvalue weighted by Crippen LogP contribution is -2.10. The molecule has 0 aromatic carbocycles. The van der Waals surface area contributed by atoms with E-state index in [2.05, 4.69) is 15.0 Å². The van der Waals surface area contributed by atoms with Crippen LogP contribution in [0.4, 0.5) is 13.2 Å². The van der Waals surface area contributed by atoms with E-state index in [0.717, 1.165) is 12.4 Å². The van der Waals surface area contributed by atoms with Crippen molar-refractivity contribution in [3.63, 3.8) is 0 Å². The van der Waals surface area contributed by atoms with Crippen LogP contribution >= 0.6 is 11.6 Å². The molecule has 2 aromatic heterocycles. The van der Waals surface area contributed by atoms with E-state index < -0.39 is 12.0 Å². The van der Waals surface area contributed by atoms with Crippen molar-refractivity contribution in [3.05, 3.63) is 41.2 Å². The van der Waals surface area contributed by atoms with E-state index in [1.165, 1.54) is 12.3 Å². The summed E-state index contributed by atoms with van der Waals surface area (Å²) in [6.45, 7) is 4.00. The van der Waals surface area contributed by atoms with Crippen molar-refractivity contribution < 1.29 is 18.0 Å². The van der Waals surface area contributed by atoms with Gasteiger partial charge in [-0.25, -0.2) is 9.97 Å². The number of pyridine rings is 1. The molecule has 21 heavy (non-hydrogen) atoms.